The van der Waals surface area contributed by atoms with E-state index in [0.29, 0.717) is 5.56 Å². The van der Waals surface area contributed by atoms with Gasteiger partial charge in [0.2, 0.25) is 0 Å². The second-order valence-corrected chi connectivity index (χ2v) is 4.89. The molecule has 1 aromatic rings. The first-order valence-electron chi connectivity index (χ1n) is 6.50. The van der Waals surface area contributed by atoms with Crippen molar-refractivity contribution in [2.75, 3.05) is 18.8 Å². The van der Waals surface area contributed by atoms with Gasteiger partial charge in [0.1, 0.15) is 0 Å². The summed E-state index contributed by atoms with van der Waals surface area (Å²) in [7, 11) is 0. The lowest BCUT2D eigenvalue weighted by Gasteiger charge is -2.31. The first-order valence-corrected chi connectivity index (χ1v) is 6.50. The highest BCUT2D eigenvalue weighted by Crippen LogP contribution is 2.27. The number of piperidine rings is 1. The van der Waals surface area contributed by atoms with Crippen molar-refractivity contribution in [3.05, 3.63) is 23.8 Å². The lowest BCUT2D eigenvalue weighted by atomic mass is 9.94. The van der Waals surface area contributed by atoms with Crippen molar-refractivity contribution in [1.29, 1.82) is 0 Å². The number of benzene rings is 1. The molecule has 1 fully saturated rings. The second kappa shape index (κ2) is 5.29. The third-order valence-electron chi connectivity index (χ3n) is 3.78. The van der Waals surface area contributed by atoms with Crippen molar-refractivity contribution in [2.45, 2.75) is 26.2 Å². The number of likely N-dealkylation sites (tertiary alicyclic amines) is 1. The number of phenols is 1. The highest BCUT2D eigenvalue weighted by molar-refractivity contribution is 5.98. The zero-order chi connectivity index (χ0) is 13.1. The number of para-hydroxylation sites is 1. The van der Waals surface area contributed by atoms with Gasteiger partial charge >= 0.3 is 0 Å². The summed E-state index contributed by atoms with van der Waals surface area (Å²) < 4.78 is 0. The van der Waals surface area contributed by atoms with Crippen molar-refractivity contribution in [2.24, 2.45) is 5.92 Å². The molecular weight excluding hydrogens is 228 g/mol. The summed E-state index contributed by atoms with van der Waals surface area (Å²) in [5.74, 6) is 0.512. The number of nitrogens with two attached hydrogens (primary N) is 1. The lowest BCUT2D eigenvalue weighted by Crippen LogP contribution is -2.38. The standard InChI is InChI=1S/C14H20N2O2/c1-2-10-6-8-16(9-7-10)14(18)11-4-3-5-12(15)13(11)17/h3-5,10,17H,2,6-9,15H2,1H3. The minimum Gasteiger partial charge on any atom is -0.505 e. The van der Waals surface area contributed by atoms with E-state index in [1.807, 2.05) is 0 Å². The van der Waals surface area contributed by atoms with Gasteiger partial charge in [0.15, 0.2) is 5.75 Å². The Balaban J connectivity index is 2.10. The molecule has 18 heavy (non-hydrogen) atoms. The van der Waals surface area contributed by atoms with Crippen molar-refractivity contribution in [1.82, 2.24) is 4.90 Å². The molecular formula is C14H20N2O2. The van der Waals surface area contributed by atoms with E-state index in [1.165, 1.54) is 6.42 Å². The summed E-state index contributed by atoms with van der Waals surface area (Å²) in [4.78, 5) is 14.1. The van der Waals surface area contributed by atoms with E-state index in [2.05, 4.69) is 6.92 Å². The Hall–Kier alpha value is -1.71. The van der Waals surface area contributed by atoms with E-state index in [-0.39, 0.29) is 17.3 Å². The second-order valence-electron chi connectivity index (χ2n) is 4.89. The molecule has 4 nitrogen and oxygen atoms in total. The minimum absolute atomic E-state index is 0.0971. The molecule has 0 radical (unpaired) electrons. The molecule has 4 heteroatoms. The maximum absolute atomic E-state index is 12.3. The van der Waals surface area contributed by atoms with Crippen LogP contribution in [0.5, 0.6) is 5.75 Å². The number of nitrogens with zero attached hydrogens (tertiary/aromatic N) is 1. The number of carbonyl (C=O) groups is 1. The minimum atomic E-state index is -0.116. The Morgan fingerprint density at radius 3 is 2.72 bits per heavy atom. The number of amides is 1. The van der Waals surface area contributed by atoms with Crippen LogP contribution in [0.4, 0.5) is 5.69 Å². The van der Waals surface area contributed by atoms with E-state index in [4.69, 9.17) is 5.73 Å². The third-order valence-corrected chi connectivity index (χ3v) is 3.78. The number of hydrogen-bond acceptors (Lipinski definition) is 3. The average Bonchev–Trinajstić information content (AvgIpc) is 2.41. The number of hydrogen-bond donors (Lipinski definition) is 2. The monoisotopic (exact) mass is 248 g/mol. The smallest absolute Gasteiger partial charge is 0.257 e. The lowest BCUT2D eigenvalue weighted by molar-refractivity contribution is 0.0686. The third kappa shape index (κ3) is 2.42. The molecule has 0 spiro atoms. The first kappa shape index (κ1) is 12.7. The highest BCUT2D eigenvalue weighted by atomic mass is 16.3. The molecule has 1 saturated heterocycles. The average molecular weight is 248 g/mol. The highest BCUT2D eigenvalue weighted by Gasteiger charge is 2.24. The normalized spacial score (nSPS) is 16.8. The van der Waals surface area contributed by atoms with E-state index in [9.17, 15) is 9.90 Å². The molecule has 1 amide bonds. The van der Waals surface area contributed by atoms with Crippen LogP contribution in [0, 0.1) is 5.92 Å². The van der Waals surface area contributed by atoms with Crippen LogP contribution in [0.1, 0.15) is 36.5 Å². The van der Waals surface area contributed by atoms with Gasteiger partial charge in [0, 0.05) is 13.1 Å². The molecule has 0 atom stereocenters. The Bertz CT molecular complexity index is 437. The molecule has 0 aromatic heterocycles. The maximum Gasteiger partial charge on any atom is 0.257 e. The van der Waals surface area contributed by atoms with Crippen LogP contribution in [-0.4, -0.2) is 29.0 Å². The number of phenolic OH excluding ortho intramolecular Hbond substituents is 1. The molecule has 0 bridgehead atoms. The van der Waals surface area contributed by atoms with E-state index >= 15 is 0 Å². The predicted molar refractivity (Wildman–Crippen MR) is 71.4 cm³/mol. The van der Waals surface area contributed by atoms with E-state index < -0.39 is 0 Å². The van der Waals surface area contributed by atoms with Crippen LogP contribution in [-0.2, 0) is 0 Å². The van der Waals surface area contributed by atoms with Crippen molar-refractivity contribution >= 4 is 11.6 Å². The summed E-state index contributed by atoms with van der Waals surface area (Å²) in [6.07, 6.45) is 3.27. The van der Waals surface area contributed by atoms with E-state index in [1.54, 1.807) is 23.1 Å². The first-order chi connectivity index (χ1) is 8.63. The fourth-order valence-electron chi connectivity index (χ4n) is 2.45. The molecule has 1 heterocycles. The van der Waals surface area contributed by atoms with Crippen molar-refractivity contribution < 1.29 is 9.90 Å². The largest absolute Gasteiger partial charge is 0.505 e. The van der Waals surface area contributed by atoms with Crippen LogP contribution in [0.3, 0.4) is 0 Å². The molecule has 2 rings (SSSR count). The Morgan fingerprint density at radius 1 is 1.44 bits per heavy atom. The van der Waals surface area contributed by atoms with Crippen LogP contribution in [0.2, 0.25) is 0 Å². The topological polar surface area (TPSA) is 66.6 Å². The van der Waals surface area contributed by atoms with Gasteiger partial charge in [0.05, 0.1) is 11.3 Å². The van der Waals surface area contributed by atoms with Gasteiger partial charge in [-0.1, -0.05) is 19.4 Å². The number of anilines is 1. The van der Waals surface area contributed by atoms with Crippen LogP contribution in [0.25, 0.3) is 0 Å². The molecule has 1 aliphatic rings. The Morgan fingerprint density at radius 2 is 2.11 bits per heavy atom. The SMILES string of the molecule is CCC1CCN(C(=O)c2cccc(N)c2O)CC1. The van der Waals surface area contributed by atoms with Gasteiger partial charge in [-0.2, -0.15) is 0 Å². The molecule has 1 aliphatic heterocycles. The predicted octanol–water partition coefficient (Wildman–Crippen LogP) is 2.24. The van der Waals surface area contributed by atoms with Gasteiger partial charge in [-0.05, 0) is 30.9 Å². The number of carbonyl (C=O) groups excluding carboxylic acids is 1. The van der Waals surface area contributed by atoms with Crippen LogP contribution in [0.15, 0.2) is 18.2 Å². The number of aromatic hydroxyl groups is 1. The van der Waals surface area contributed by atoms with E-state index in [0.717, 1.165) is 31.8 Å². The van der Waals surface area contributed by atoms with Gasteiger partial charge in [-0.15, -0.1) is 0 Å². The molecule has 0 unspecified atom stereocenters. The summed E-state index contributed by atoms with van der Waals surface area (Å²) in [6, 6.07) is 4.91. The molecule has 1 aromatic carbocycles. The van der Waals surface area contributed by atoms with Gasteiger partial charge < -0.3 is 15.7 Å². The fraction of sp³-hybridized carbons (Fsp3) is 0.500. The molecule has 0 aliphatic carbocycles. The van der Waals surface area contributed by atoms with Crippen molar-refractivity contribution in [3.8, 4) is 5.75 Å². The number of rotatable bonds is 2. The van der Waals surface area contributed by atoms with Gasteiger partial charge in [0.25, 0.3) is 5.91 Å². The Kier molecular flexibility index (Phi) is 3.75. The van der Waals surface area contributed by atoms with Crippen LogP contribution < -0.4 is 5.73 Å². The number of nitrogen functional groups attached to an aromatic ring is 1. The maximum atomic E-state index is 12.3. The van der Waals surface area contributed by atoms with Crippen LogP contribution >= 0.6 is 0 Å². The summed E-state index contributed by atoms with van der Waals surface area (Å²) in [5, 5.41) is 9.82. The fourth-order valence-corrected chi connectivity index (χ4v) is 2.45. The van der Waals surface area contributed by atoms with Crippen molar-refractivity contribution in [3.63, 3.8) is 0 Å². The Labute approximate surface area is 107 Å². The van der Waals surface area contributed by atoms with Gasteiger partial charge in [-0.3, -0.25) is 4.79 Å². The zero-order valence-corrected chi connectivity index (χ0v) is 10.7. The summed E-state index contributed by atoms with van der Waals surface area (Å²) in [5.41, 5.74) is 6.17. The zero-order valence-electron chi connectivity index (χ0n) is 10.7. The van der Waals surface area contributed by atoms with Gasteiger partial charge in [-0.25, -0.2) is 0 Å². The quantitative estimate of drug-likeness (QED) is 0.623. The molecule has 98 valence electrons. The summed E-state index contributed by atoms with van der Waals surface area (Å²) in [6.45, 7) is 3.73. The summed E-state index contributed by atoms with van der Waals surface area (Å²) >= 11 is 0. The molecule has 3 N–H and O–H groups in total. The molecule has 0 saturated carbocycles.